The molecule has 1 heterocycles. The molecule has 0 aliphatic heterocycles. The summed E-state index contributed by atoms with van der Waals surface area (Å²) in [4.78, 5) is 46.0. The van der Waals surface area contributed by atoms with Gasteiger partial charge in [-0.25, -0.2) is 0 Å². The molecule has 0 saturated carbocycles. The third-order valence-corrected chi connectivity index (χ3v) is 6.36. The maximum Gasteiger partial charge on any atom is 0.305 e. The van der Waals surface area contributed by atoms with Crippen LogP contribution in [0.1, 0.15) is 32.7 Å². The van der Waals surface area contributed by atoms with Crippen LogP contribution in [0.25, 0.3) is 11.1 Å². The van der Waals surface area contributed by atoms with Crippen molar-refractivity contribution in [2.24, 2.45) is 0 Å². The van der Waals surface area contributed by atoms with Crippen molar-refractivity contribution in [1.82, 2.24) is 9.88 Å². The highest BCUT2D eigenvalue weighted by Gasteiger charge is 2.24. The monoisotopic (exact) mass is 523 g/mol. The zero-order chi connectivity index (χ0) is 27.8. The number of ether oxygens (including phenoxy) is 1. The Kier molecular flexibility index (Phi) is 8.68. The van der Waals surface area contributed by atoms with Crippen LogP contribution < -0.4 is 9.64 Å². The molecule has 0 aliphatic rings. The number of pyridine rings is 1. The van der Waals surface area contributed by atoms with Crippen LogP contribution in [0, 0.1) is 0 Å². The summed E-state index contributed by atoms with van der Waals surface area (Å²) >= 11 is 0. The Balaban J connectivity index is 1.70. The molecule has 1 N–H and O–H groups in total. The van der Waals surface area contributed by atoms with Crippen molar-refractivity contribution in [2.75, 3.05) is 25.6 Å². The van der Waals surface area contributed by atoms with Gasteiger partial charge in [0, 0.05) is 37.5 Å². The summed E-state index contributed by atoms with van der Waals surface area (Å²) in [6.07, 6.45) is 3.05. The summed E-state index contributed by atoms with van der Waals surface area (Å²) in [5.41, 5.74) is 3.46. The lowest BCUT2D eigenvalue weighted by molar-refractivity contribution is -0.137. The molecule has 0 atom stereocenters. The lowest BCUT2D eigenvalue weighted by Gasteiger charge is -2.24. The first-order valence-electron chi connectivity index (χ1n) is 12.4. The van der Waals surface area contributed by atoms with Crippen molar-refractivity contribution in [2.45, 2.75) is 13.0 Å². The predicted molar refractivity (Wildman–Crippen MR) is 149 cm³/mol. The first-order valence-corrected chi connectivity index (χ1v) is 12.4. The number of hydrogen-bond donors (Lipinski definition) is 1. The number of carbonyl (C=O) groups excluding carboxylic acids is 2. The fourth-order valence-corrected chi connectivity index (χ4v) is 4.26. The van der Waals surface area contributed by atoms with E-state index < -0.39 is 5.97 Å². The molecule has 0 spiro atoms. The number of nitrogens with zero attached hydrogens (tertiary/aromatic N) is 3. The molecule has 8 nitrogen and oxygen atoms in total. The summed E-state index contributed by atoms with van der Waals surface area (Å²) < 4.78 is 5.22. The van der Waals surface area contributed by atoms with Gasteiger partial charge in [-0.15, -0.1) is 0 Å². The molecule has 4 rings (SSSR count). The Bertz CT molecular complexity index is 1450. The first kappa shape index (κ1) is 27.1. The Morgan fingerprint density at radius 3 is 2.00 bits per heavy atom. The number of anilines is 1. The van der Waals surface area contributed by atoms with Gasteiger partial charge in [0.2, 0.25) is 0 Å². The molecule has 0 fully saturated rings. The summed E-state index contributed by atoms with van der Waals surface area (Å²) in [5, 5.41) is 9.32. The van der Waals surface area contributed by atoms with E-state index in [4.69, 9.17) is 4.74 Å². The van der Waals surface area contributed by atoms with Crippen molar-refractivity contribution < 1.29 is 24.2 Å². The van der Waals surface area contributed by atoms with E-state index in [0.29, 0.717) is 33.7 Å². The van der Waals surface area contributed by atoms with Gasteiger partial charge in [-0.2, -0.15) is 0 Å². The van der Waals surface area contributed by atoms with E-state index in [1.165, 1.54) is 9.80 Å². The van der Waals surface area contributed by atoms with Crippen LogP contribution in [0.2, 0.25) is 0 Å². The van der Waals surface area contributed by atoms with Gasteiger partial charge in [0.15, 0.2) is 0 Å². The molecule has 0 aliphatic carbocycles. The summed E-state index contributed by atoms with van der Waals surface area (Å²) in [6.45, 7) is 0.244. The molecule has 0 bridgehead atoms. The number of carboxylic acid groups (broad SMARTS) is 1. The normalized spacial score (nSPS) is 10.5. The van der Waals surface area contributed by atoms with E-state index in [1.807, 2.05) is 30.3 Å². The van der Waals surface area contributed by atoms with Gasteiger partial charge >= 0.3 is 5.97 Å². The SMILES string of the molecule is COc1ccc(CN(CCC(=O)O)C(=O)c2ccccc2-c2ccccc2C(=O)N(C)c2cccnc2)cc1. The number of benzene rings is 3. The first-order chi connectivity index (χ1) is 18.9. The Hall–Kier alpha value is -4.98. The van der Waals surface area contributed by atoms with Crippen molar-refractivity contribution in [3.05, 3.63) is 114 Å². The zero-order valence-corrected chi connectivity index (χ0v) is 21.8. The molecule has 0 radical (unpaired) electrons. The quantitative estimate of drug-likeness (QED) is 0.309. The minimum Gasteiger partial charge on any atom is -0.497 e. The zero-order valence-electron chi connectivity index (χ0n) is 21.8. The topological polar surface area (TPSA) is 100 Å². The number of amides is 2. The van der Waals surface area contributed by atoms with Gasteiger partial charge in [0.25, 0.3) is 11.8 Å². The molecular formula is C31H29N3O5. The molecule has 0 unspecified atom stereocenters. The van der Waals surface area contributed by atoms with Crippen LogP contribution in [0.4, 0.5) is 5.69 Å². The van der Waals surface area contributed by atoms with E-state index in [-0.39, 0.29) is 31.3 Å². The van der Waals surface area contributed by atoms with Crippen molar-refractivity contribution in [1.29, 1.82) is 0 Å². The molecular weight excluding hydrogens is 494 g/mol. The summed E-state index contributed by atoms with van der Waals surface area (Å²) in [6, 6.07) is 25.0. The molecule has 3 aromatic carbocycles. The Labute approximate surface area is 227 Å². The third-order valence-electron chi connectivity index (χ3n) is 6.36. The maximum atomic E-state index is 13.9. The van der Waals surface area contributed by atoms with Crippen LogP contribution >= 0.6 is 0 Å². The van der Waals surface area contributed by atoms with E-state index in [0.717, 1.165) is 5.56 Å². The lowest BCUT2D eigenvalue weighted by Crippen LogP contribution is -2.33. The number of carbonyl (C=O) groups is 3. The van der Waals surface area contributed by atoms with Crippen LogP contribution in [0.5, 0.6) is 5.75 Å². The van der Waals surface area contributed by atoms with Gasteiger partial charge in [0.05, 0.1) is 25.4 Å². The highest BCUT2D eigenvalue weighted by molar-refractivity contribution is 6.11. The highest BCUT2D eigenvalue weighted by Crippen LogP contribution is 2.30. The van der Waals surface area contributed by atoms with E-state index in [2.05, 4.69) is 4.98 Å². The molecule has 2 amide bonds. The number of methoxy groups -OCH3 is 1. The van der Waals surface area contributed by atoms with Crippen LogP contribution in [0.15, 0.2) is 97.3 Å². The van der Waals surface area contributed by atoms with Gasteiger partial charge in [-0.3, -0.25) is 19.4 Å². The fourth-order valence-electron chi connectivity index (χ4n) is 4.26. The number of rotatable bonds is 10. The number of hydrogen-bond acceptors (Lipinski definition) is 5. The molecule has 8 heteroatoms. The average Bonchev–Trinajstić information content (AvgIpc) is 2.98. The van der Waals surface area contributed by atoms with Gasteiger partial charge in [0.1, 0.15) is 5.75 Å². The van der Waals surface area contributed by atoms with E-state index in [9.17, 15) is 19.5 Å². The predicted octanol–water partition coefficient (Wildman–Crippen LogP) is 5.15. The molecule has 0 saturated heterocycles. The second kappa shape index (κ2) is 12.5. The lowest BCUT2D eigenvalue weighted by atomic mass is 9.94. The van der Waals surface area contributed by atoms with Gasteiger partial charge in [-0.1, -0.05) is 48.5 Å². The highest BCUT2D eigenvalue weighted by atomic mass is 16.5. The average molecular weight is 524 g/mol. The van der Waals surface area contributed by atoms with E-state index >= 15 is 0 Å². The number of aliphatic carboxylic acids is 1. The molecule has 198 valence electrons. The summed E-state index contributed by atoms with van der Waals surface area (Å²) in [7, 11) is 3.25. The van der Waals surface area contributed by atoms with Crippen molar-refractivity contribution >= 4 is 23.5 Å². The standard InChI is InChI=1S/C31H29N3O5/c1-33(23-8-7-18-32-20-23)30(37)27-11-5-3-9-25(27)26-10-4-6-12-28(26)31(38)34(19-17-29(35)36)21-22-13-15-24(39-2)16-14-22/h3-16,18,20H,17,19,21H2,1-2H3,(H,35,36). The largest absolute Gasteiger partial charge is 0.497 e. The number of carboxylic acids is 1. The summed E-state index contributed by atoms with van der Waals surface area (Å²) in [5.74, 6) is -0.886. The second-order valence-electron chi connectivity index (χ2n) is 8.89. The Morgan fingerprint density at radius 1 is 0.821 bits per heavy atom. The second-order valence-corrected chi connectivity index (χ2v) is 8.89. The molecule has 1 aromatic heterocycles. The van der Waals surface area contributed by atoms with Gasteiger partial charge in [-0.05, 0) is 53.1 Å². The maximum absolute atomic E-state index is 13.9. The molecule has 39 heavy (non-hydrogen) atoms. The van der Waals surface area contributed by atoms with E-state index in [1.54, 1.807) is 81.1 Å². The minimum atomic E-state index is -0.995. The smallest absolute Gasteiger partial charge is 0.305 e. The van der Waals surface area contributed by atoms with Crippen molar-refractivity contribution in [3.63, 3.8) is 0 Å². The van der Waals surface area contributed by atoms with Crippen LogP contribution in [-0.4, -0.2) is 53.5 Å². The molecule has 4 aromatic rings. The third kappa shape index (κ3) is 6.48. The fraction of sp³-hybridized carbons (Fsp3) is 0.161. The number of aromatic nitrogens is 1. The van der Waals surface area contributed by atoms with Crippen LogP contribution in [-0.2, 0) is 11.3 Å². The van der Waals surface area contributed by atoms with Crippen molar-refractivity contribution in [3.8, 4) is 16.9 Å². The van der Waals surface area contributed by atoms with Gasteiger partial charge < -0.3 is 19.6 Å². The Morgan fingerprint density at radius 2 is 1.44 bits per heavy atom. The van der Waals surface area contributed by atoms with Crippen LogP contribution in [0.3, 0.4) is 0 Å². The minimum absolute atomic E-state index is 0.0266.